The van der Waals surface area contributed by atoms with Gasteiger partial charge in [-0.2, -0.15) is 13.2 Å². The number of hydrogen-bond acceptors (Lipinski definition) is 4. The number of nitrogens with one attached hydrogen (secondary N) is 1. The van der Waals surface area contributed by atoms with E-state index >= 15 is 0 Å². The van der Waals surface area contributed by atoms with Crippen LogP contribution in [0.3, 0.4) is 0 Å². The van der Waals surface area contributed by atoms with Gasteiger partial charge in [0.05, 0.1) is 0 Å². The molecule has 35 heavy (non-hydrogen) atoms. The maximum absolute atomic E-state index is 14.0. The van der Waals surface area contributed by atoms with Crippen LogP contribution in [-0.4, -0.2) is 59.4 Å². The minimum Gasteiger partial charge on any atom is -0.481 e. The van der Waals surface area contributed by atoms with E-state index in [-0.39, 0.29) is 32.0 Å². The van der Waals surface area contributed by atoms with Gasteiger partial charge in [-0.1, -0.05) is 55.5 Å². The van der Waals surface area contributed by atoms with Crippen LogP contribution in [0.2, 0.25) is 0 Å². The zero-order valence-corrected chi connectivity index (χ0v) is 19.2. The van der Waals surface area contributed by atoms with E-state index in [2.05, 4.69) is 0 Å². The molecule has 2 amide bonds. The van der Waals surface area contributed by atoms with Gasteiger partial charge in [0.25, 0.3) is 5.91 Å². The second-order valence-electron chi connectivity index (χ2n) is 9.17. The first kappa shape index (κ1) is 24.6. The fraction of sp³-hybridized carbons (Fsp3) is 0.400. The number of fused-ring (bicyclic) bond motifs is 3. The summed E-state index contributed by atoms with van der Waals surface area (Å²) < 4.78 is 47.1. The van der Waals surface area contributed by atoms with E-state index in [0.717, 1.165) is 27.2 Å². The smallest absolute Gasteiger partial charge is 0.420 e. The highest BCUT2D eigenvalue weighted by atomic mass is 19.4. The number of carboxylic acids is 1. The quantitative estimate of drug-likeness (QED) is 0.634. The first-order chi connectivity index (χ1) is 16.4. The second-order valence-corrected chi connectivity index (χ2v) is 9.17. The third kappa shape index (κ3) is 4.00. The third-order valence-corrected chi connectivity index (χ3v) is 7.10. The van der Waals surface area contributed by atoms with Crippen molar-refractivity contribution in [2.75, 3.05) is 19.7 Å². The number of amides is 2. The molecule has 10 heteroatoms. The monoisotopic (exact) mass is 490 g/mol. The Labute approximate surface area is 199 Å². The van der Waals surface area contributed by atoms with Gasteiger partial charge in [-0.25, -0.2) is 4.79 Å². The zero-order valence-electron chi connectivity index (χ0n) is 19.2. The summed E-state index contributed by atoms with van der Waals surface area (Å²) in [4.78, 5) is 37.6. The Bertz CT molecular complexity index is 1130. The number of alkyl halides is 3. The van der Waals surface area contributed by atoms with Crippen molar-refractivity contribution in [3.05, 3.63) is 59.7 Å². The number of benzene rings is 2. The number of rotatable bonds is 6. The van der Waals surface area contributed by atoms with Crippen molar-refractivity contribution >= 4 is 18.0 Å². The molecule has 7 nitrogen and oxygen atoms in total. The molecule has 1 aliphatic heterocycles. The van der Waals surface area contributed by atoms with Crippen LogP contribution < -0.4 is 5.32 Å². The topological polar surface area (TPSA) is 95.9 Å². The van der Waals surface area contributed by atoms with Crippen molar-refractivity contribution in [1.29, 1.82) is 0 Å². The van der Waals surface area contributed by atoms with Crippen LogP contribution in [0.15, 0.2) is 48.5 Å². The van der Waals surface area contributed by atoms with Gasteiger partial charge in [0.2, 0.25) is 5.54 Å². The number of carbonyl (C=O) groups excluding carboxylic acids is 2. The summed E-state index contributed by atoms with van der Waals surface area (Å²) in [7, 11) is 0. The highest BCUT2D eigenvalue weighted by Gasteiger charge is 2.63. The summed E-state index contributed by atoms with van der Waals surface area (Å²) >= 11 is 0. The number of halogens is 3. The van der Waals surface area contributed by atoms with E-state index in [1.807, 2.05) is 48.5 Å². The first-order valence-electron chi connectivity index (χ1n) is 11.2. The molecule has 0 saturated carbocycles. The predicted molar refractivity (Wildman–Crippen MR) is 120 cm³/mol. The highest BCUT2D eigenvalue weighted by molar-refractivity contribution is 5.93. The summed E-state index contributed by atoms with van der Waals surface area (Å²) in [5.41, 5.74) is -0.853. The number of hydrogen-bond donors (Lipinski definition) is 2. The molecule has 2 aliphatic rings. The Morgan fingerprint density at radius 1 is 1.06 bits per heavy atom. The van der Waals surface area contributed by atoms with Crippen LogP contribution in [0.4, 0.5) is 18.0 Å². The van der Waals surface area contributed by atoms with Crippen molar-refractivity contribution in [1.82, 2.24) is 10.2 Å². The molecule has 2 aromatic carbocycles. The molecule has 1 unspecified atom stereocenters. The number of ether oxygens (including phenoxy) is 1. The maximum atomic E-state index is 14.0. The minimum absolute atomic E-state index is 0.161. The summed E-state index contributed by atoms with van der Waals surface area (Å²) in [6.45, 7) is 1.20. The average molecular weight is 490 g/mol. The molecule has 2 N–H and O–H groups in total. The molecular weight excluding hydrogens is 465 g/mol. The lowest BCUT2D eigenvalue weighted by Gasteiger charge is -2.49. The fourth-order valence-electron chi connectivity index (χ4n) is 4.74. The van der Waals surface area contributed by atoms with Crippen molar-refractivity contribution in [2.24, 2.45) is 5.41 Å². The maximum Gasteiger partial charge on any atom is 0.420 e. The molecule has 1 heterocycles. The van der Waals surface area contributed by atoms with Crippen molar-refractivity contribution in [2.45, 2.75) is 37.9 Å². The molecule has 0 spiro atoms. The van der Waals surface area contributed by atoms with Crippen LogP contribution in [0.5, 0.6) is 0 Å². The number of aliphatic carboxylic acids is 1. The lowest BCUT2D eigenvalue weighted by molar-refractivity contribution is -0.207. The Morgan fingerprint density at radius 3 is 2.03 bits per heavy atom. The summed E-state index contributed by atoms with van der Waals surface area (Å²) in [6.07, 6.45) is -6.36. The molecule has 2 aromatic rings. The summed E-state index contributed by atoms with van der Waals surface area (Å²) in [6, 6.07) is 15.0. The molecular formula is C25H25F3N2O5. The van der Waals surface area contributed by atoms with E-state index in [1.54, 1.807) is 12.2 Å². The van der Waals surface area contributed by atoms with E-state index in [1.165, 1.54) is 0 Å². The van der Waals surface area contributed by atoms with Crippen molar-refractivity contribution < 1.29 is 37.4 Å². The van der Waals surface area contributed by atoms with Crippen LogP contribution in [-0.2, 0) is 14.3 Å². The lowest BCUT2D eigenvalue weighted by Crippen LogP contribution is -2.72. The minimum atomic E-state index is -5.14. The van der Waals surface area contributed by atoms with E-state index < -0.39 is 35.1 Å². The number of nitrogens with zero attached hydrogens (tertiary/aromatic N) is 1. The number of carboxylic acid groups (broad SMARTS) is 1. The number of likely N-dealkylation sites (tertiary alicyclic amines) is 1. The fourth-order valence-corrected chi connectivity index (χ4v) is 4.74. The second kappa shape index (κ2) is 8.58. The third-order valence-electron chi connectivity index (χ3n) is 7.10. The van der Waals surface area contributed by atoms with Gasteiger partial charge in [-0.05, 0) is 35.6 Å². The van der Waals surface area contributed by atoms with Gasteiger partial charge in [-0.15, -0.1) is 0 Å². The molecule has 1 aliphatic carbocycles. The predicted octanol–water partition coefficient (Wildman–Crippen LogP) is 4.17. The number of carbonyl (C=O) groups is 3. The summed E-state index contributed by atoms with van der Waals surface area (Å²) in [5, 5.41) is 11.1. The molecule has 1 saturated heterocycles. The van der Waals surface area contributed by atoms with Gasteiger partial charge in [0, 0.05) is 19.0 Å². The molecule has 0 aromatic heterocycles. The lowest BCUT2D eigenvalue weighted by atomic mass is 9.76. The molecule has 0 radical (unpaired) electrons. The van der Waals surface area contributed by atoms with Gasteiger partial charge in [0.1, 0.15) is 12.0 Å². The zero-order chi connectivity index (χ0) is 25.6. The standard InChI is InChI=1S/C25H25F3N2O5/c1-3-24(21(32)33)13-30(14-24)20(31)23(2,25(26,27)28)29-22(34)35-12-19-17-10-6-4-8-15(17)16-9-5-7-11-18(16)19/h4-11,19H,3,12-14H2,1-2H3,(H,29,34)(H,32,33). The molecule has 1 fully saturated rings. The SMILES string of the molecule is CCC1(C(=O)O)CN(C(=O)C(C)(NC(=O)OCC2c3ccccc3-c3ccccc32)C(F)(F)F)C1. The highest BCUT2D eigenvalue weighted by Crippen LogP contribution is 2.44. The van der Waals surface area contributed by atoms with E-state index in [0.29, 0.717) is 6.92 Å². The molecule has 1 atom stereocenters. The van der Waals surface area contributed by atoms with Crippen molar-refractivity contribution in [3.63, 3.8) is 0 Å². The molecule has 4 rings (SSSR count). The van der Waals surface area contributed by atoms with Gasteiger partial charge >= 0.3 is 18.2 Å². The Hall–Kier alpha value is -3.56. The first-order valence-corrected chi connectivity index (χ1v) is 11.2. The van der Waals surface area contributed by atoms with Gasteiger partial charge in [-0.3, -0.25) is 14.9 Å². The van der Waals surface area contributed by atoms with Gasteiger partial charge < -0.3 is 14.7 Å². The van der Waals surface area contributed by atoms with Crippen LogP contribution in [0, 0.1) is 5.41 Å². The van der Waals surface area contributed by atoms with Crippen LogP contribution >= 0.6 is 0 Å². The van der Waals surface area contributed by atoms with Crippen LogP contribution in [0.25, 0.3) is 11.1 Å². The molecule has 186 valence electrons. The van der Waals surface area contributed by atoms with Gasteiger partial charge in [0.15, 0.2) is 0 Å². The normalized spacial score (nSPS) is 18.0. The van der Waals surface area contributed by atoms with Crippen LogP contribution in [0.1, 0.15) is 37.3 Å². The Morgan fingerprint density at radius 2 is 1.57 bits per heavy atom. The number of alkyl carbamates (subject to hydrolysis) is 1. The largest absolute Gasteiger partial charge is 0.481 e. The summed E-state index contributed by atoms with van der Waals surface area (Å²) in [5.74, 6) is -2.97. The van der Waals surface area contributed by atoms with E-state index in [4.69, 9.17) is 4.74 Å². The Kier molecular flexibility index (Phi) is 6.02. The Balaban J connectivity index is 1.48. The average Bonchev–Trinajstić information content (AvgIpc) is 3.10. The van der Waals surface area contributed by atoms with E-state index in [9.17, 15) is 32.7 Å². The molecule has 0 bridgehead atoms. The van der Waals surface area contributed by atoms with Crippen molar-refractivity contribution in [3.8, 4) is 11.1 Å².